The van der Waals surface area contributed by atoms with Gasteiger partial charge in [0.05, 0.1) is 17.9 Å². The number of hydrogen-bond acceptors (Lipinski definition) is 4. The Labute approximate surface area is 120 Å². The van der Waals surface area contributed by atoms with Crippen LogP contribution in [0.5, 0.6) is 0 Å². The van der Waals surface area contributed by atoms with E-state index in [0.29, 0.717) is 0 Å². The molecule has 0 radical (unpaired) electrons. The SMILES string of the molecule is Cc1nc2ccc(N3C[C@@H](C)O[C@@H](C)C3)nn2c1Br. The van der Waals surface area contributed by atoms with Crippen molar-refractivity contribution >= 4 is 27.4 Å². The molecule has 102 valence electrons. The molecule has 2 aromatic rings. The van der Waals surface area contributed by atoms with E-state index in [1.54, 1.807) is 0 Å². The second kappa shape index (κ2) is 4.76. The van der Waals surface area contributed by atoms with Gasteiger partial charge in [0, 0.05) is 13.1 Å². The van der Waals surface area contributed by atoms with Gasteiger partial charge in [0.25, 0.3) is 0 Å². The van der Waals surface area contributed by atoms with Crippen LogP contribution in [-0.4, -0.2) is 39.9 Å². The predicted molar refractivity (Wildman–Crippen MR) is 77.6 cm³/mol. The monoisotopic (exact) mass is 324 g/mol. The summed E-state index contributed by atoms with van der Waals surface area (Å²) in [7, 11) is 0. The van der Waals surface area contributed by atoms with E-state index < -0.39 is 0 Å². The zero-order valence-electron chi connectivity index (χ0n) is 11.3. The Balaban J connectivity index is 1.98. The Morgan fingerprint density at radius 1 is 1.26 bits per heavy atom. The van der Waals surface area contributed by atoms with Crippen LogP contribution in [0, 0.1) is 6.92 Å². The number of halogens is 1. The van der Waals surface area contributed by atoms with Crippen LogP contribution in [0.1, 0.15) is 19.5 Å². The number of aryl methyl sites for hydroxylation is 1. The largest absolute Gasteiger partial charge is 0.372 e. The first kappa shape index (κ1) is 12.9. The third-order valence-electron chi connectivity index (χ3n) is 3.31. The lowest BCUT2D eigenvalue weighted by atomic mass is 10.2. The smallest absolute Gasteiger partial charge is 0.155 e. The zero-order valence-corrected chi connectivity index (χ0v) is 12.9. The summed E-state index contributed by atoms with van der Waals surface area (Å²) in [4.78, 5) is 6.70. The quantitative estimate of drug-likeness (QED) is 0.808. The molecule has 6 heteroatoms. The number of nitrogens with zero attached hydrogens (tertiary/aromatic N) is 4. The van der Waals surface area contributed by atoms with Crippen molar-refractivity contribution in [1.82, 2.24) is 14.6 Å². The van der Waals surface area contributed by atoms with E-state index in [4.69, 9.17) is 4.74 Å². The summed E-state index contributed by atoms with van der Waals surface area (Å²) in [5.41, 5.74) is 1.82. The van der Waals surface area contributed by atoms with Gasteiger partial charge >= 0.3 is 0 Å². The molecular weight excluding hydrogens is 308 g/mol. The Bertz CT molecular complexity index is 602. The van der Waals surface area contributed by atoms with Crippen LogP contribution in [0.25, 0.3) is 5.65 Å². The van der Waals surface area contributed by atoms with Crippen molar-refractivity contribution in [2.45, 2.75) is 33.0 Å². The second-order valence-corrected chi connectivity index (χ2v) is 5.86. The predicted octanol–water partition coefficient (Wildman–Crippen LogP) is 2.41. The fraction of sp³-hybridized carbons (Fsp3) is 0.538. The molecule has 3 heterocycles. The molecule has 0 amide bonds. The van der Waals surface area contributed by atoms with Crippen LogP contribution in [-0.2, 0) is 4.74 Å². The fourth-order valence-corrected chi connectivity index (χ4v) is 2.89. The molecule has 0 N–H and O–H groups in total. The third-order valence-corrected chi connectivity index (χ3v) is 4.22. The van der Waals surface area contributed by atoms with Crippen LogP contribution in [0.3, 0.4) is 0 Å². The maximum atomic E-state index is 5.76. The van der Waals surface area contributed by atoms with E-state index in [-0.39, 0.29) is 12.2 Å². The maximum Gasteiger partial charge on any atom is 0.155 e. The fourth-order valence-electron chi connectivity index (χ4n) is 2.54. The van der Waals surface area contributed by atoms with Gasteiger partial charge in [-0.3, -0.25) is 0 Å². The van der Waals surface area contributed by atoms with E-state index in [1.165, 1.54) is 0 Å². The highest BCUT2D eigenvalue weighted by Gasteiger charge is 2.23. The molecule has 1 fully saturated rings. The third kappa shape index (κ3) is 2.34. The maximum absolute atomic E-state index is 5.76. The Hall–Kier alpha value is -1.14. The van der Waals surface area contributed by atoms with Gasteiger partial charge in [0.15, 0.2) is 5.65 Å². The molecule has 2 atom stereocenters. The van der Waals surface area contributed by atoms with E-state index in [9.17, 15) is 0 Å². The molecule has 5 nitrogen and oxygen atoms in total. The number of rotatable bonds is 1. The lowest BCUT2D eigenvalue weighted by Gasteiger charge is -2.35. The standard InChI is InChI=1S/C13H17BrN4O/c1-8-6-17(7-9(2)19-8)12-5-4-11-15-10(3)13(14)18(11)16-12/h4-5,8-9H,6-7H2,1-3H3/t8-,9+. The molecule has 0 spiro atoms. The van der Waals surface area contributed by atoms with Gasteiger partial charge in [0.2, 0.25) is 0 Å². The normalized spacial score (nSPS) is 24.1. The summed E-state index contributed by atoms with van der Waals surface area (Å²) in [6.07, 6.45) is 0.462. The lowest BCUT2D eigenvalue weighted by molar-refractivity contribution is -0.00551. The molecule has 0 unspecified atom stereocenters. The van der Waals surface area contributed by atoms with Gasteiger partial charge in [-0.1, -0.05) is 0 Å². The van der Waals surface area contributed by atoms with E-state index >= 15 is 0 Å². The van der Waals surface area contributed by atoms with Crippen molar-refractivity contribution in [3.8, 4) is 0 Å². The van der Waals surface area contributed by atoms with Gasteiger partial charge in [-0.15, -0.1) is 5.10 Å². The van der Waals surface area contributed by atoms with Gasteiger partial charge in [-0.2, -0.15) is 0 Å². The molecule has 19 heavy (non-hydrogen) atoms. The van der Waals surface area contributed by atoms with Gasteiger partial charge in [0.1, 0.15) is 10.4 Å². The summed E-state index contributed by atoms with van der Waals surface area (Å²) in [5, 5.41) is 4.67. The summed E-state index contributed by atoms with van der Waals surface area (Å²) >= 11 is 3.53. The molecular formula is C13H17BrN4O. The number of hydrogen-bond donors (Lipinski definition) is 0. The molecule has 1 saturated heterocycles. The van der Waals surface area contributed by atoms with Gasteiger partial charge < -0.3 is 9.64 Å². The molecule has 0 aromatic carbocycles. The highest BCUT2D eigenvalue weighted by Crippen LogP contribution is 2.22. The Morgan fingerprint density at radius 2 is 1.95 bits per heavy atom. The van der Waals surface area contributed by atoms with Crippen LogP contribution < -0.4 is 4.90 Å². The van der Waals surface area contributed by atoms with Crippen molar-refractivity contribution in [2.75, 3.05) is 18.0 Å². The minimum absolute atomic E-state index is 0.231. The van der Waals surface area contributed by atoms with E-state index in [0.717, 1.165) is 34.9 Å². The highest BCUT2D eigenvalue weighted by molar-refractivity contribution is 9.10. The van der Waals surface area contributed by atoms with Crippen molar-refractivity contribution in [3.05, 3.63) is 22.4 Å². The molecule has 2 aromatic heterocycles. The average Bonchev–Trinajstić information content (AvgIpc) is 2.64. The zero-order chi connectivity index (χ0) is 13.6. The first-order chi connectivity index (χ1) is 9.04. The number of aromatic nitrogens is 3. The summed E-state index contributed by atoms with van der Waals surface area (Å²) in [5.74, 6) is 0.965. The number of morpholine rings is 1. The first-order valence-corrected chi connectivity index (χ1v) is 7.26. The molecule has 0 aliphatic carbocycles. The average molecular weight is 325 g/mol. The summed E-state index contributed by atoms with van der Waals surface area (Å²) < 4.78 is 8.51. The second-order valence-electron chi connectivity index (χ2n) is 5.11. The van der Waals surface area contributed by atoms with E-state index in [1.807, 2.05) is 23.6 Å². The Kier molecular flexibility index (Phi) is 3.22. The van der Waals surface area contributed by atoms with Gasteiger partial charge in [-0.25, -0.2) is 9.50 Å². The molecule has 1 aliphatic rings. The van der Waals surface area contributed by atoms with E-state index in [2.05, 4.69) is 44.8 Å². The van der Waals surface area contributed by atoms with Crippen LogP contribution in [0.2, 0.25) is 0 Å². The number of anilines is 1. The van der Waals surface area contributed by atoms with Crippen LogP contribution >= 0.6 is 15.9 Å². The van der Waals surface area contributed by atoms with Crippen molar-refractivity contribution in [3.63, 3.8) is 0 Å². The van der Waals surface area contributed by atoms with Crippen molar-refractivity contribution in [1.29, 1.82) is 0 Å². The number of fused-ring (bicyclic) bond motifs is 1. The topological polar surface area (TPSA) is 42.7 Å². The lowest BCUT2D eigenvalue weighted by Crippen LogP contribution is -2.46. The van der Waals surface area contributed by atoms with Crippen molar-refractivity contribution < 1.29 is 4.74 Å². The number of imidazole rings is 1. The van der Waals surface area contributed by atoms with Crippen LogP contribution in [0.15, 0.2) is 16.7 Å². The highest BCUT2D eigenvalue weighted by atomic mass is 79.9. The minimum Gasteiger partial charge on any atom is -0.372 e. The molecule has 3 rings (SSSR count). The minimum atomic E-state index is 0.231. The molecule has 0 bridgehead atoms. The van der Waals surface area contributed by atoms with Crippen LogP contribution in [0.4, 0.5) is 5.82 Å². The number of ether oxygens (including phenoxy) is 1. The molecule has 0 saturated carbocycles. The van der Waals surface area contributed by atoms with Gasteiger partial charge in [-0.05, 0) is 48.8 Å². The molecule has 1 aliphatic heterocycles. The first-order valence-electron chi connectivity index (χ1n) is 6.47. The Morgan fingerprint density at radius 3 is 2.63 bits per heavy atom. The van der Waals surface area contributed by atoms with Crippen molar-refractivity contribution in [2.24, 2.45) is 0 Å². The summed E-state index contributed by atoms with van der Waals surface area (Å²) in [6.45, 7) is 7.90. The summed E-state index contributed by atoms with van der Waals surface area (Å²) in [6, 6.07) is 4.03.